The van der Waals surface area contributed by atoms with Crippen LogP contribution in [-0.2, 0) is 10.8 Å². The number of hydrogen-bond donors (Lipinski definition) is 2. The van der Waals surface area contributed by atoms with Crippen LogP contribution in [0.5, 0.6) is 0 Å². The molecule has 0 aliphatic heterocycles. The van der Waals surface area contributed by atoms with E-state index >= 15 is 0 Å². The van der Waals surface area contributed by atoms with Crippen molar-refractivity contribution in [3.05, 3.63) is 23.9 Å². The Morgan fingerprint density at radius 3 is 2.89 bits per heavy atom. The Kier molecular flexibility index (Phi) is 6.35. The van der Waals surface area contributed by atoms with Gasteiger partial charge in [-0.05, 0) is 18.6 Å². The number of pyridine rings is 1. The highest BCUT2D eigenvalue weighted by Gasteiger charge is 2.11. The second-order valence-corrected chi connectivity index (χ2v) is 5.41. The van der Waals surface area contributed by atoms with Crippen molar-refractivity contribution in [2.75, 3.05) is 30.4 Å². The van der Waals surface area contributed by atoms with Gasteiger partial charge in [-0.25, -0.2) is 4.98 Å². The van der Waals surface area contributed by atoms with Crippen LogP contribution in [0, 0.1) is 0 Å². The summed E-state index contributed by atoms with van der Waals surface area (Å²) >= 11 is 0. The first-order valence-electron chi connectivity index (χ1n) is 5.92. The Morgan fingerprint density at radius 2 is 2.22 bits per heavy atom. The van der Waals surface area contributed by atoms with Gasteiger partial charge < -0.3 is 10.6 Å². The van der Waals surface area contributed by atoms with Crippen LogP contribution in [0.1, 0.15) is 23.7 Å². The third kappa shape index (κ3) is 4.83. The summed E-state index contributed by atoms with van der Waals surface area (Å²) in [6.07, 6.45) is 4.23. The van der Waals surface area contributed by atoms with E-state index in [1.54, 1.807) is 24.6 Å². The Morgan fingerprint density at radius 1 is 1.44 bits per heavy atom. The predicted molar refractivity (Wildman–Crippen MR) is 74.3 cm³/mol. The van der Waals surface area contributed by atoms with Crippen molar-refractivity contribution < 1.29 is 9.00 Å². The minimum absolute atomic E-state index is 0.188. The fraction of sp³-hybridized carbons (Fsp3) is 0.500. The van der Waals surface area contributed by atoms with Gasteiger partial charge >= 0.3 is 0 Å². The third-order valence-corrected chi connectivity index (χ3v) is 3.05. The number of aromatic nitrogens is 1. The summed E-state index contributed by atoms with van der Waals surface area (Å²) in [6.45, 7) is 3.23. The predicted octanol–water partition coefficient (Wildman–Crippen LogP) is 1.01. The van der Waals surface area contributed by atoms with E-state index in [0.717, 1.165) is 13.0 Å². The number of carbonyl (C=O) groups is 1. The van der Waals surface area contributed by atoms with Crippen LogP contribution in [0.2, 0.25) is 0 Å². The number of nitrogens with one attached hydrogen (secondary N) is 2. The lowest BCUT2D eigenvalue weighted by Gasteiger charge is -2.10. The van der Waals surface area contributed by atoms with Gasteiger partial charge in [0.2, 0.25) is 0 Å². The van der Waals surface area contributed by atoms with Crippen LogP contribution >= 0.6 is 0 Å². The van der Waals surface area contributed by atoms with Gasteiger partial charge in [0.1, 0.15) is 5.82 Å². The molecule has 1 rings (SSSR count). The molecule has 18 heavy (non-hydrogen) atoms. The van der Waals surface area contributed by atoms with E-state index in [4.69, 9.17) is 0 Å². The molecule has 0 aliphatic rings. The number of carbonyl (C=O) groups excluding carboxylic acids is 1. The molecule has 1 heterocycles. The summed E-state index contributed by atoms with van der Waals surface area (Å²) in [4.78, 5) is 16.1. The van der Waals surface area contributed by atoms with Gasteiger partial charge in [0.05, 0.1) is 5.56 Å². The van der Waals surface area contributed by atoms with Crippen molar-refractivity contribution in [1.29, 1.82) is 0 Å². The van der Waals surface area contributed by atoms with Gasteiger partial charge in [0.15, 0.2) is 0 Å². The van der Waals surface area contributed by atoms with Crippen LogP contribution in [0.4, 0.5) is 5.82 Å². The SMILES string of the molecule is CCCNc1ncccc1C(=O)NCCS(C)=O. The Labute approximate surface area is 110 Å². The standard InChI is InChI=1S/C12H19N3O2S/c1-3-6-13-11-10(5-4-7-14-11)12(16)15-8-9-18(2)17/h4-5,7H,3,6,8-9H2,1-2H3,(H,13,14)(H,15,16). The summed E-state index contributed by atoms with van der Waals surface area (Å²) in [5.41, 5.74) is 0.521. The van der Waals surface area contributed by atoms with Gasteiger partial charge in [0.25, 0.3) is 5.91 Å². The zero-order valence-electron chi connectivity index (χ0n) is 10.7. The number of anilines is 1. The molecular weight excluding hydrogens is 250 g/mol. The molecule has 0 aromatic carbocycles. The van der Waals surface area contributed by atoms with E-state index in [1.807, 2.05) is 6.92 Å². The zero-order valence-corrected chi connectivity index (χ0v) is 11.5. The molecule has 0 aliphatic carbocycles. The fourth-order valence-electron chi connectivity index (χ4n) is 1.38. The normalized spacial score (nSPS) is 11.9. The number of nitrogens with zero attached hydrogens (tertiary/aromatic N) is 1. The van der Waals surface area contributed by atoms with Gasteiger partial charge in [-0.1, -0.05) is 6.92 Å². The maximum absolute atomic E-state index is 11.9. The smallest absolute Gasteiger partial charge is 0.255 e. The van der Waals surface area contributed by atoms with E-state index in [1.165, 1.54) is 0 Å². The highest BCUT2D eigenvalue weighted by molar-refractivity contribution is 7.84. The van der Waals surface area contributed by atoms with Crippen LogP contribution in [0.25, 0.3) is 0 Å². The summed E-state index contributed by atoms with van der Waals surface area (Å²) in [5, 5.41) is 5.85. The summed E-state index contributed by atoms with van der Waals surface area (Å²) in [6, 6.07) is 3.45. The number of hydrogen-bond acceptors (Lipinski definition) is 4. The van der Waals surface area contributed by atoms with Crippen LogP contribution in [0.3, 0.4) is 0 Å². The zero-order chi connectivity index (χ0) is 13.4. The molecule has 100 valence electrons. The maximum Gasteiger partial charge on any atom is 0.255 e. The average Bonchev–Trinajstić information content (AvgIpc) is 2.36. The molecule has 0 fully saturated rings. The molecule has 6 heteroatoms. The molecule has 5 nitrogen and oxygen atoms in total. The van der Waals surface area contributed by atoms with E-state index in [0.29, 0.717) is 23.7 Å². The van der Waals surface area contributed by atoms with Crippen molar-refractivity contribution in [2.24, 2.45) is 0 Å². The average molecular weight is 269 g/mol. The van der Waals surface area contributed by atoms with Gasteiger partial charge in [-0.15, -0.1) is 0 Å². The van der Waals surface area contributed by atoms with Gasteiger partial charge in [-0.3, -0.25) is 9.00 Å². The lowest BCUT2D eigenvalue weighted by molar-refractivity contribution is 0.0956. The van der Waals surface area contributed by atoms with Crippen molar-refractivity contribution in [1.82, 2.24) is 10.3 Å². The highest BCUT2D eigenvalue weighted by Crippen LogP contribution is 2.10. The number of rotatable bonds is 7. The summed E-state index contributed by atoms with van der Waals surface area (Å²) in [5.74, 6) is 0.866. The van der Waals surface area contributed by atoms with Crippen LogP contribution in [-0.4, -0.2) is 40.2 Å². The highest BCUT2D eigenvalue weighted by atomic mass is 32.2. The molecule has 1 amide bonds. The molecule has 1 aromatic rings. The quantitative estimate of drug-likeness (QED) is 0.775. The molecule has 1 aromatic heterocycles. The van der Waals surface area contributed by atoms with Crippen LogP contribution in [0.15, 0.2) is 18.3 Å². The van der Waals surface area contributed by atoms with Crippen molar-refractivity contribution in [2.45, 2.75) is 13.3 Å². The lowest BCUT2D eigenvalue weighted by atomic mass is 10.2. The van der Waals surface area contributed by atoms with E-state index < -0.39 is 10.8 Å². The van der Waals surface area contributed by atoms with E-state index in [-0.39, 0.29) is 5.91 Å². The van der Waals surface area contributed by atoms with E-state index in [2.05, 4.69) is 15.6 Å². The van der Waals surface area contributed by atoms with Crippen LogP contribution < -0.4 is 10.6 Å². The minimum Gasteiger partial charge on any atom is -0.369 e. The Hall–Kier alpha value is -1.43. The van der Waals surface area contributed by atoms with Gasteiger partial charge in [-0.2, -0.15) is 0 Å². The molecule has 2 N–H and O–H groups in total. The maximum atomic E-state index is 11.9. The van der Waals surface area contributed by atoms with E-state index in [9.17, 15) is 9.00 Å². The third-order valence-electron chi connectivity index (χ3n) is 2.27. The molecule has 1 atom stereocenters. The molecule has 0 spiro atoms. The topological polar surface area (TPSA) is 71.1 Å². The second kappa shape index (κ2) is 7.81. The van der Waals surface area contributed by atoms with Gasteiger partial charge in [0, 0.05) is 42.1 Å². The molecule has 0 bridgehead atoms. The molecule has 1 unspecified atom stereocenters. The first-order valence-corrected chi connectivity index (χ1v) is 7.65. The Balaban J connectivity index is 2.63. The Bertz CT molecular complexity index is 424. The second-order valence-electron chi connectivity index (χ2n) is 3.86. The first-order chi connectivity index (χ1) is 8.65. The fourth-order valence-corrected chi connectivity index (χ4v) is 1.77. The molecule has 0 saturated heterocycles. The molecule has 0 radical (unpaired) electrons. The summed E-state index contributed by atoms with van der Waals surface area (Å²) < 4.78 is 10.9. The van der Waals surface area contributed by atoms with Crippen molar-refractivity contribution in [3.63, 3.8) is 0 Å². The first kappa shape index (κ1) is 14.6. The van der Waals surface area contributed by atoms with Crippen molar-refractivity contribution in [3.8, 4) is 0 Å². The largest absolute Gasteiger partial charge is 0.369 e. The monoisotopic (exact) mass is 269 g/mol. The minimum atomic E-state index is -0.895. The summed E-state index contributed by atoms with van der Waals surface area (Å²) in [7, 11) is -0.895. The van der Waals surface area contributed by atoms with Crippen molar-refractivity contribution >= 4 is 22.5 Å². The molecular formula is C12H19N3O2S. The lowest BCUT2D eigenvalue weighted by Crippen LogP contribution is -2.28. The number of amides is 1. The molecule has 0 saturated carbocycles.